The molecular formula is C13H21N3. The first kappa shape index (κ1) is 11.4. The number of aromatic nitrogens is 2. The van der Waals surface area contributed by atoms with Gasteiger partial charge in [0.05, 0.1) is 0 Å². The largest absolute Gasteiger partial charge is 0.354 e. The Kier molecular flexibility index (Phi) is 4.14. The Hall–Kier alpha value is -1.12. The van der Waals surface area contributed by atoms with Crippen LogP contribution in [0.1, 0.15) is 39.0 Å². The van der Waals surface area contributed by atoms with Crippen LogP contribution >= 0.6 is 0 Å². The lowest BCUT2D eigenvalue weighted by molar-refractivity contribution is 0.282. The number of hydrogen-bond acceptors (Lipinski definition) is 3. The molecule has 1 aliphatic rings. The van der Waals surface area contributed by atoms with Crippen molar-refractivity contribution in [3.8, 4) is 0 Å². The van der Waals surface area contributed by atoms with E-state index in [4.69, 9.17) is 0 Å². The SMILES string of the molecule is CC1CCC(CCNc2ncccn2)CC1. The molecular weight excluding hydrogens is 198 g/mol. The van der Waals surface area contributed by atoms with E-state index in [0.29, 0.717) is 0 Å². The molecule has 0 amide bonds. The van der Waals surface area contributed by atoms with E-state index in [9.17, 15) is 0 Å². The number of nitrogens with one attached hydrogen (secondary N) is 1. The summed E-state index contributed by atoms with van der Waals surface area (Å²) in [6, 6.07) is 1.84. The van der Waals surface area contributed by atoms with Crippen molar-refractivity contribution in [2.24, 2.45) is 11.8 Å². The third-order valence-electron chi connectivity index (χ3n) is 3.54. The zero-order valence-electron chi connectivity index (χ0n) is 10.0. The quantitative estimate of drug-likeness (QED) is 0.845. The number of rotatable bonds is 4. The molecule has 1 N–H and O–H groups in total. The van der Waals surface area contributed by atoms with E-state index in [1.807, 2.05) is 6.07 Å². The van der Waals surface area contributed by atoms with E-state index in [0.717, 1.165) is 24.3 Å². The highest BCUT2D eigenvalue weighted by atomic mass is 15.1. The first-order valence-corrected chi connectivity index (χ1v) is 6.35. The maximum absolute atomic E-state index is 4.15. The molecule has 0 spiro atoms. The van der Waals surface area contributed by atoms with Crippen LogP contribution in [0.3, 0.4) is 0 Å². The minimum Gasteiger partial charge on any atom is -0.354 e. The standard InChI is InChI=1S/C13H21N3/c1-11-3-5-12(6-4-11)7-10-16-13-14-8-2-9-15-13/h2,8-9,11-12H,3-7,10H2,1H3,(H,14,15,16). The van der Waals surface area contributed by atoms with Crippen LogP contribution in [-0.2, 0) is 0 Å². The van der Waals surface area contributed by atoms with Crippen LogP contribution < -0.4 is 5.32 Å². The first-order valence-electron chi connectivity index (χ1n) is 6.35. The summed E-state index contributed by atoms with van der Waals surface area (Å²) in [4.78, 5) is 8.30. The van der Waals surface area contributed by atoms with Gasteiger partial charge in [-0.25, -0.2) is 9.97 Å². The minimum atomic E-state index is 0.756. The predicted molar refractivity (Wildman–Crippen MR) is 66.3 cm³/mol. The monoisotopic (exact) mass is 219 g/mol. The van der Waals surface area contributed by atoms with E-state index in [1.165, 1.54) is 32.1 Å². The average molecular weight is 219 g/mol. The zero-order valence-corrected chi connectivity index (χ0v) is 10.0. The second kappa shape index (κ2) is 5.83. The van der Waals surface area contributed by atoms with E-state index in [2.05, 4.69) is 22.2 Å². The molecule has 0 saturated heterocycles. The van der Waals surface area contributed by atoms with Gasteiger partial charge in [0.15, 0.2) is 0 Å². The average Bonchev–Trinajstić information content (AvgIpc) is 2.33. The Bertz CT molecular complexity index is 291. The molecule has 88 valence electrons. The summed E-state index contributed by atoms with van der Waals surface area (Å²) in [5, 5.41) is 3.28. The third-order valence-corrected chi connectivity index (χ3v) is 3.54. The lowest BCUT2D eigenvalue weighted by atomic mass is 9.81. The smallest absolute Gasteiger partial charge is 0.222 e. The predicted octanol–water partition coefficient (Wildman–Crippen LogP) is 3.10. The lowest BCUT2D eigenvalue weighted by Crippen LogP contribution is -2.16. The molecule has 1 aliphatic carbocycles. The van der Waals surface area contributed by atoms with Gasteiger partial charge in [0, 0.05) is 18.9 Å². The van der Waals surface area contributed by atoms with Gasteiger partial charge in [-0.1, -0.05) is 32.6 Å². The summed E-state index contributed by atoms with van der Waals surface area (Å²) in [6.45, 7) is 3.37. The molecule has 0 aliphatic heterocycles. The molecule has 0 radical (unpaired) electrons. The van der Waals surface area contributed by atoms with Crippen molar-refractivity contribution in [1.82, 2.24) is 9.97 Å². The fourth-order valence-corrected chi connectivity index (χ4v) is 2.40. The molecule has 16 heavy (non-hydrogen) atoms. The second-order valence-corrected chi connectivity index (χ2v) is 4.91. The Morgan fingerprint density at radius 1 is 1.19 bits per heavy atom. The Morgan fingerprint density at radius 3 is 2.56 bits per heavy atom. The highest BCUT2D eigenvalue weighted by molar-refractivity contribution is 5.21. The molecule has 3 heteroatoms. The van der Waals surface area contributed by atoms with Gasteiger partial charge in [-0.15, -0.1) is 0 Å². The van der Waals surface area contributed by atoms with Crippen LogP contribution in [0.15, 0.2) is 18.5 Å². The van der Waals surface area contributed by atoms with Gasteiger partial charge in [0.1, 0.15) is 0 Å². The maximum Gasteiger partial charge on any atom is 0.222 e. The van der Waals surface area contributed by atoms with Crippen molar-refractivity contribution < 1.29 is 0 Å². The van der Waals surface area contributed by atoms with Crippen LogP contribution in [0.5, 0.6) is 0 Å². The molecule has 1 aromatic rings. The zero-order chi connectivity index (χ0) is 11.2. The first-order chi connectivity index (χ1) is 7.84. The molecule has 0 bridgehead atoms. The molecule has 1 fully saturated rings. The molecule has 1 aromatic heterocycles. The van der Waals surface area contributed by atoms with E-state index >= 15 is 0 Å². The van der Waals surface area contributed by atoms with Crippen molar-refractivity contribution in [3.63, 3.8) is 0 Å². The van der Waals surface area contributed by atoms with Crippen molar-refractivity contribution in [1.29, 1.82) is 0 Å². The molecule has 2 rings (SSSR count). The fraction of sp³-hybridized carbons (Fsp3) is 0.692. The fourth-order valence-electron chi connectivity index (χ4n) is 2.40. The van der Waals surface area contributed by atoms with Crippen molar-refractivity contribution in [2.75, 3.05) is 11.9 Å². The van der Waals surface area contributed by atoms with Gasteiger partial charge in [-0.2, -0.15) is 0 Å². The molecule has 0 atom stereocenters. The van der Waals surface area contributed by atoms with E-state index in [-0.39, 0.29) is 0 Å². The highest BCUT2D eigenvalue weighted by Gasteiger charge is 2.17. The Balaban J connectivity index is 1.65. The summed E-state index contributed by atoms with van der Waals surface area (Å²) in [6.07, 6.45) is 10.4. The Labute approximate surface area is 97.7 Å². The van der Waals surface area contributed by atoms with E-state index in [1.54, 1.807) is 12.4 Å². The molecule has 0 unspecified atom stereocenters. The summed E-state index contributed by atoms with van der Waals surface area (Å²) < 4.78 is 0. The van der Waals surface area contributed by atoms with Crippen molar-refractivity contribution in [3.05, 3.63) is 18.5 Å². The number of anilines is 1. The van der Waals surface area contributed by atoms with Crippen molar-refractivity contribution in [2.45, 2.75) is 39.0 Å². The number of hydrogen-bond donors (Lipinski definition) is 1. The van der Waals surface area contributed by atoms with Crippen LogP contribution in [-0.4, -0.2) is 16.5 Å². The van der Waals surface area contributed by atoms with Crippen LogP contribution in [0.2, 0.25) is 0 Å². The molecule has 0 aromatic carbocycles. The third kappa shape index (κ3) is 3.47. The van der Waals surface area contributed by atoms with Gasteiger partial charge in [0.25, 0.3) is 0 Å². The van der Waals surface area contributed by atoms with Crippen LogP contribution in [0.4, 0.5) is 5.95 Å². The number of nitrogens with zero attached hydrogens (tertiary/aromatic N) is 2. The topological polar surface area (TPSA) is 37.8 Å². The normalized spacial score (nSPS) is 25.3. The summed E-state index contributed by atoms with van der Waals surface area (Å²) in [5.41, 5.74) is 0. The summed E-state index contributed by atoms with van der Waals surface area (Å²) >= 11 is 0. The van der Waals surface area contributed by atoms with Gasteiger partial charge in [-0.3, -0.25) is 0 Å². The summed E-state index contributed by atoms with van der Waals surface area (Å²) in [7, 11) is 0. The van der Waals surface area contributed by atoms with Gasteiger partial charge >= 0.3 is 0 Å². The van der Waals surface area contributed by atoms with Gasteiger partial charge in [-0.05, 0) is 24.3 Å². The minimum absolute atomic E-state index is 0.756. The molecule has 3 nitrogen and oxygen atoms in total. The Morgan fingerprint density at radius 2 is 1.88 bits per heavy atom. The molecule has 1 heterocycles. The van der Waals surface area contributed by atoms with Gasteiger partial charge in [0.2, 0.25) is 5.95 Å². The maximum atomic E-state index is 4.15. The summed E-state index contributed by atoms with van der Waals surface area (Å²) in [5.74, 6) is 2.61. The highest BCUT2D eigenvalue weighted by Crippen LogP contribution is 2.30. The van der Waals surface area contributed by atoms with Crippen molar-refractivity contribution >= 4 is 5.95 Å². The lowest BCUT2D eigenvalue weighted by Gasteiger charge is -2.26. The van der Waals surface area contributed by atoms with E-state index < -0.39 is 0 Å². The van der Waals surface area contributed by atoms with Crippen LogP contribution in [0.25, 0.3) is 0 Å². The second-order valence-electron chi connectivity index (χ2n) is 4.91. The van der Waals surface area contributed by atoms with Crippen LogP contribution in [0, 0.1) is 11.8 Å². The van der Waals surface area contributed by atoms with Gasteiger partial charge < -0.3 is 5.32 Å². The molecule has 1 saturated carbocycles.